The van der Waals surface area contributed by atoms with Crippen LogP contribution in [-0.2, 0) is 32.5 Å². The number of anilines is 1. The minimum absolute atomic E-state index is 0.148. The highest BCUT2D eigenvalue weighted by atomic mass is 32.2. The Morgan fingerprint density at radius 3 is 2.58 bits per heavy atom. The van der Waals surface area contributed by atoms with Gasteiger partial charge in [-0.15, -0.1) is 0 Å². The zero-order valence-electron chi connectivity index (χ0n) is 18.7. The zero-order chi connectivity index (χ0) is 23.4. The van der Waals surface area contributed by atoms with Crippen LogP contribution in [0.2, 0.25) is 0 Å². The van der Waals surface area contributed by atoms with Crippen LogP contribution in [0.25, 0.3) is 0 Å². The van der Waals surface area contributed by atoms with Gasteiger partial charge in [-0.3, -0.25) is 9.59 Å². The molecule has 0 saturated carbocycles. The average molecular weight is 472 g/mol. The van der Waals surface area contributed by atoms with Crippen molar-refractivity contribution in [2.75, 3.05) is 38.2 Å². The molecular weight excluding hydrogens is 442 g/mol. The third kappa shape index (κ3) is 5.26. The van der Waals surface area contributed by atoms with E-state index in [2.05, 4.69) is 5.32 Å². The van der Waals surface area contributed by atoms with Crippen molar-refractivity contribution in [3.05, 3.63) is 59.2 Å². The zero-order valence-corrected chi connectivity index (χ0v) is 19.6. The first-order valence-corrected chi connectivity index (χ1v) is 12.7. The van der Waals surface area contributed by atoms with Crippen molar-refractivity contribution in [2.24, 2.45) is 0 Å². The van der Waals surface area contributed by atoms with Gasteiger partial charge in [-0.2, -0.15) is 4.31 Å². The van der Waals surface area contributed by atoms with E-state index in [0.717, 1.165) is 18.5 Å². The van der Waals surface area contributed by atoms with E-state index in [1.54, 1.807) is 18.2 Å². The van der Waals surface area contributed by atoms with Gasteiger partial charge in [0, 0.05) is 43.9 Å². The average Bonchev–Trinajstić information content (AvgIpc) is 3.23. The monoisotopic (exact) mass is 471 g/mol. The van der Waals surface area contributed by atoms with Crippen molar-refractivity contribution in [1.82, 2.24) is 9.21 Å². The number of hydrogen-bond donors (Lipinski definition) is 1. The maximum absolute atomic E-state index is 13.2. The number of carbonyl (C=O) groups excluding carboxylic acids is 2. The van der Waals surface area contributed by atoms with E-state index in [-0.39, 0.29) is 22.3 Å². The Balaban J connectivity index is 1.53. The number of rotatable bonds is 7. The van der Waals surface area contributed by atoms with Crippen molar-refractivity contribution < 1.29 is 22.7 Å². The van der Waals surface area contributed by atoms with Crippen LogP contribution in [0.5, 0.6) is 0 Å². The molecule has 2 aromatic rings. The molecule has 2 heterocycles. The van der Waals surface area contributed by atoms with Crippen LogP contribution in [-0.4, -0.2) is 62.3 Å². The number of nitrogens with zero attached hydrogens (tertiary/aromatic N) is 2. The summed E-state index contributed by atoms with van der Waals surface area (Å²) in [7, 11) is -3.72. The fourth-order valence-corrected chi connectivity index (χ4v) is 5.92. The van der Waals surface area contributed by atoms with E-state index < -0.39 is 10.0 Å². The summed E-state index contributed by atoms with van der Waals surface area (Å²) in [5, 5.41) is 2.86. The number of nitrogens with one attached hydrogen (secondary N) is 1. The Labute approximate surface area is 194 Å². The van der Waals surface area contributed by atoms with Gasteiger partial charge in [0.05, 0.1) is 18.1 Å². The Hall–Kier alpha value is -2.75. The number of hydrogen-bond acceptors (Lipinski definition) is 5. The van der Waals surface area contributed by atoms with Crippen LogP contribution in [0.3, 0.4) is 0 Å². The quantitative estimate of drug-likeness (QED) is 0.670. The lowest BCUT2D eigenvalue weighted by molar-refractivity contribution is -0.128. The van der Waals surface area contributed by atoms with Crippen molar-refractivity contribution in [3.8, 4) is 0 Å². The lowest BCUT2D eigenvalue weighted by Crippen LogP contribution is -2.41. The summed E-state index contributed by atoms with van der Waals surface area (Å²) < 4.78 is 33.2. The second-order valence-corrected chi connectivity index (χ2v) is 10.2. The number of aryl methyl sites for hydroxylation is 1. The van der Waals surface area contributed by atoms with Crippen molar-refractivity contribution in [1.29, 1.82) is 0 Å². The maximum atomic E-state index is 13.2. The van der Waals surface area contributed by atoms with E-state index in [1.807, 2.05) is 30.0 Å². The molecule has 0 radical (unpaired) electrons. The van der Waals surface area contributed by atoms with Crippen LogP contribution in [0, 0.1) is 0 Å². The molecule has 0 atom stereocenters. The minimum Gasteiger partial charge on any atom is -0.379 e. The topological polar surface area (TPSA) is 96.0 Å². The number of morpholine rings is 1. The van der Waals surface area contributed by atoms with Crippen LogP contribution in [0.1, 0.15) is 41.3 Å². The number of benzene rings is 2. The summed E-state index contributed by atoms with van der Waals surface area (Å²) in [5.74, 6) is -0.236. The molecule has 4 rings (SSSR count). The lowest BCUT2D eigenvalue weighted by atomic mass is 10.1. The molecule has 0 spiro atoms. The molecule has 0 aliphatic carbocycles. The first-order valence-electron chi connectivity index (χ1n) is 11.3. The van der Waals surface area contributed by atoms with Gasteiger partial charge in [-0.05, 0) is 48.2 Å². The van der Waals surface area contributed by atoms with E-state index in [4.69, 9.17) is 4.74 Å². The number of amides is 2. The molecule has 2 aliphatic rings. The van der Waals surface area contributed by atoms with E-state index in [1.165, 1.54) is 10.4 Å². The summed E-state index contributed by atoms with van der Waals surface area (Å²) >= 11 is 0. The summed E-state index contributed by atoms with van der Waals surface area (Å²) in [5.41, 5.74) is 2.48. The van der Waals surface area contributed by atoms with Crippen molar-refractivity contribution in [2.45, 2.75) is 37.6 Å². The van der Waals surface area contributed by atoms with Gasteiger partial charge in [-0.1, -0.05) is 25.1 Å². The SMILES string of the molecule is CCc1ccc(C(=O)Nc2cccc(CN3CCCC3=O)c2)cc1S(=O)(=O)N1CCOCC1. The van der Waals surface area contributed by atoms with Gasteiger partial charge in [0.2, 0.25) is 15.9 Å². The molecule has 2 amide bonds. The van der Waals surface area contributed by atoms with Gasteiger partial charge in [0.15, 0.2) is 0 Å². The van der Waals surface area contributed by atoms with Gasteiger partial charge < -0.3 is 15.0 Å². The van der Waals surface area contributed by atoms with Crippen LogP contribution < -0.4 is 5.32 Å². The summed E-state index contributed by atoms with van der Waals surface area (Å²) in [6, 6.07) is 12.2. The third-order valence-corrected chi connectivity index (χ3v) is 8.01. The Bertz CT molecular complexity index is 1140. The van der Waals surface area contributed by atoms with Crippen molar-refractivity contribution in [3.63, 3.8) is 0 Å². The first kappa shape index (κ1) is 23.4. The molecule has 1 N–H and O–H groups in total. The first-order chi connectivity index (χ1) is 15.9. The predicted octanol–water partition coefficient (Wildman–Crippen LogP) is 2.64. The number of carbonyl (C=O) groups is 2. The molecule has 2 saturated heterocycles. The second-order valence-electron chi connectivity index (χ2n) is 8.27. The van der Waals surface area contributed by atoms with Crippen molar-refractivity contribution >= 4 is 27.5 Å². The third-order valence-electron chi connectivity index (χ3n) is 6.03. The normalized spacial score (nSPS) is 17.4. The van der Waals surface area contributed by atoms with Gasteiger partial charge in [0.25, 0.3) is 5.91 Å². The van der Waals surface area contributed by atoms with Crippen LogP contribution in [0.4, 0.5) is 5.69 Å². The molecule has 9 heteroatoms. The molecule has 8 nitrogen and oxygen atoms in total. The predicted molar refractivity (Wildman–Crippen MR) is 124 cm³/mol. The smallest absolute Gasteiger partial charge is 0.255 e. The standard InChI is InChI=1S/C24H29N3O5S/c1-2-19-8-9-20(16-22(19)33(30,31)27-11-13-32-14-12-27)24(29)25-21-6-3-5-18(15-21)17-26-10-4-7-23(26)28/h3,5-6,8-9,15-16H,2,4,7,10-14,17H2,1H3,(H,25,29). The largest absolute Gasteiger partial charge is 0.379 e. The van der Waals surface area contributed by atoms with E-state index in [0.29, 0.717) is 56.9 Å². The Morgan fingerprint density at radius 1 is 1.09 bits per heavy atom. The molecule has 0 unspecified atom stereocenters. The summed E-state index contributed by atoms with van der Waals surface area (Å²) in [6.07, 6.45) is 2.00. The Kier molecular flexibility index (Phi) is 7.11. The molecule has 2 aliphatic heterocycles. The number of sulfonamides is 1. The molecule has 33 heavy (non-hydrogen) atoms. The lowest BCUT2D eigenvalue weighted by Gasteiger charge is -2.27. The van der Waals surface area contributed by atoms with Crippen LogP contribution in [0.15, 0.2) is 47.4 Å². The molecular formula is C24H29N3O5S. The number of ether oxygens (including phenoxy) is 1. The molecule has 2 fully saturated rings. The van der Waals surface area contributed by atoms with E-state index in [9.17, 15) is 18.0 Å². The fourth-order valence-electron chi connectivity index (χ4n) is 4.20. The summed E-state index contributed by atoms with van der Waals surface area (Å²) in [4.78, 5) is 26.9. The van der Waals surface area contributed by atoms with Gasteiger partial charge in [-0.25, -0.2) is 8.42 Å². The second kappa shape index (κ2) is 10.0. The highest BCUT2D eigenvalue weighted by Gasteiger charge is 2.29. The number of likely N-dealkylation sites (tertiary alicyclic amines) is 1. The molecule has 2 aromatic carbocycles. The summed E-state index contributed by atoms with van der Waals surface area (Å²) in [6.45, 7) is 4.47. The highest BCUT2D eigenvalue weighted by Crippen LogP contribution is 2.24. The molecule has 0 bridgehead atoms. The van der Waals surface area contributed by atoms with Crippen LogP contribution >= 0.6 is 0 Å². The Morgan fingerprint density at radius 2 is 1.88 bits per heavy atom. The minimum atomic E-state index is -3.72. The van der Waals surface area contributed by atoms with E-state index >= 15 is 0 Å². The maximum Gasteiger partial charge on any atom is 0.255 e. The fraction of sp³-hybridized carbons (Fsp3) is 0.417. The molecule has 0 aromatic heterocycles. The molecule has 176 valence electrons. The van der Waals surface area contributed by atoms with Gasteiger partial charge in [0.1, 0.15) is 0 Å². The highest BCUT2D eigenvalue weighted by molar-refractivity contribution is 7.89. The van der Waals surface area contributed by atoms with Gasteiger partial charge >= 0.3 is 0 Å².